The van der Waals surface area contributed by atoms with Crippen molar-refractivity contribution < 1.29 is 0 Å². The molecule has 0 spiro atoms. The minimum atomic E-state index is 0.824. The van der Waals surface area contributed by atoms with E-state index in [1.54, 1.807) is 0 Å². The topological polar surface area (TPSA) is 15.3 Å². The van der Waals surface area contributed by atoms with Crippen molar-refractivity contribution in [3.05, 3.63) is 34.3 Å². The van der Waals surface area contributed by atoms with Gasteiger partial charge in [0, 0.05) is 11.6 Å². The summed E-state index contributed by atoms with van der Waals surface area (Å²) in [6.07, 6.45) is 1.17. The summed E-state index contributed by atoms with van der Waals surface area (Å²) in [4.78, 5) is 2.20. The Kier molecular flexibility index (Phi) is 5.81. The van der Waals surface area contributed by atoms with E-state index in [9.17, 15) is 0 Å². The molecule has 1 N–H and O–H groups in total. The Labute approximate surface area is 104 Å². The van der Waals surface area contributed by atoms with Crippen molar-refractivity contribution in [2.45, 2.75) is 19.9 Å². The molecule has 0 saturated heterocycles. The Morgan fingerprint density at radius 2 is 2.00 bits per heavy atom. The average molecular weight is 241 g/mol. The van der Waals surface area contributed by atoms with E-state index in [1.807, 2.05) is 12.1 Å². The number of hydrogen-bond acceptors (Lipinski definition) is 2. The summed E-state index contributed by atoms with van der Waals surface area (Å²) in [5.41, 5.74) is 2.48. The molecule has 1 aromatic carbocycles. The van der Waals surface area contributed by atoms with Crippen molar-refractivity contribution in [2.75, 3.05) is 27.2 Å². The normalized spacial score (nSPS) is 11.1. The van der Waals surface area contributed by atoms with Crippen LogP contribution in [0.2, 0.25) is 5.02 Å². The van der Waals surface area contributed by atoms with Gasteiger partial charge in [-0.15, -0.1) is 0 Å². The van der Waals surface area contributed by atoms with Gasteiger partial charge in [0.15, 0.2) is 0 Å². The molecule has 1 aromatic rings. The standard InChI is InChI=1S/C13H21ClN2/c1-11-7-12(9-13(14)8-11)10-15-5-4-6-16(2)3/h7-9,15H,4-6,10H2,1-3H3. The molecule has 0 fully saturated rings. The van der Waals surface area contributed by atoms with E-state index in [2.05, 4.69) is 37.3 Å². The van der Waals surface area contributed by atoms with Crippen LogP contribution < -0.4 is 5.32 Å². The Bertz CT molecular complexity index is 303. The summed E-state index contributed by atoms with van der Waals surface area (Å²) >= 11 is 6.00. The lowest BCUT2D eigenvalue weighted by molar-refractivity contribution is 0.394. The molecule has 3 heteroatoms. The minimum absolute atomic E-state index is 0.824. The van der Waals surface area contributed by atoms with Crippen LogP contribution in [0.25, 0.3) is 0 Å². The number of hydrogen-bond donors (Lipinski definition) is 1. The second-order valence-electron chi connectivity index (χ2n) is 4.47. The number of rotatable bonds is 6. The Morgan fingerprint density at radius 1 is 1.25 bits per heavy atom. The lowest BCUT2D eigenvalue weighted by atomic mass is 10.1. The molecule has 0 amide bonds. The van der Waals surface area contributed by atoms with Crippen molar-refractivity contribution in [3.8, 4) is 0 Å². The second kappa shape index (κ2) is 6.89. The quantitative estimate of drug-likeness (QED) is 0.770. The van der Waals surface area contributed by atoms with Crippen molar-refractivity contribution in [1.29, 1.82) is 0 Å². The van der Waals surface area contributed by atoms with Gasteiger partial charge < -0.3 is 10.2 Å². The zero-order chi connectivity index (χ0) is 12.0. The fraction of sp³-hybridized carbons (Fsp3) is 0.538. The van der Waals surface area contributed by atoms with Crippen LogP contribution in [0, 0.1) is 6.92 Å². The van der Waals surface area contributed by atoms with Crippen LogP contribution in [-0.4, -0.2) is 32.1 Å². The summed E-state index contributed by atoms with van der Waals surface area (Å²) in [6.45, 7) is 5.14. The maximum absolute atomic E-state index is 6.00. The summed E-state index contributed by atoms with van der Waals surface area (Å²) in [5.74, 6) is 0. The lowest BCUT2D eigenvalue weighted by Crippen LogP contribution is -2.21. The summed E-state index contributed by atoms with van der Waals surface area (Å²) < 4.78 is 0. The predicted molar refractivity (Wildman–Crippen MR) is 71.1 cm³/mol. The van der Waals surface area contributed by atoms with Crippen molar-refractivity contribution in [1.82, 2.24) is 10.2 Å². The minimum Gasteiger partial charge on any atom is -0.313 e. The average Bonchev–Trinajstić information content (AvgIpc) is 2.15. The molecule has 0 unspecified atom stereocenters. The summed E-state index contributed by atoms with van der Waals surface area (Å²) in [7, 11) is 4.20. The number of nitrogens with one attached hydrogen (secondary N) is 1. The van der Waals surface area contributed by atoms with Gasteiger partial charge in [-0.3, -0.25) is 0 Å². The van der Waals surface area contributed by atoms with Gasteiger partial charge in [-0.2, -0.15) is 0 Å². The maximum Gasteiger partial charge on any atom is 0.0411 e. The van der Waals surface area contributed by atoms with Gasteiger partial charge in [-0.05, 0) is 63.8 Å². The molecule has 16 heavy (non-hydrogen) atoms. The fourth-order valence-corrected chi connectivity index (χ4v) is 1.98. The van der Waals surface area contributed by atoms with Crippen LogP contribution in [0.3, 0.4) is 0 Å². The van der Waals surface area contributed by atoms with Crippen LogP contribution in [0.5, 0.6) is 0 Å². The number of aryl methyl sites for hydroxylation is 1. The first kappa shape index (κ1) is 13.5. The van der Waals surface area contributed by atoms with Crippen molar-refractivity contribution in [2.24, 2.45) is 0 Å². The van der Waals surface area contributed by atoms with E-state index < -0.39 is 0 Å². The molecular formula is C13H21ClN2. The molecular weight excluding hydrogens is 220 g/mol. The van der Waals surface area contributed by atoms with E-state index >= 15 is 0 Å². The molecule has 0 aromatic heterocycles. The van der Waals surface area contributed by atoms with Gasteiger partial charge in [0.2, 0.25) is 0 Å². The van der Waals surface area contributed by atoms with E-state index in [-0.39, 0.29) is 0 Å². The van der Waals surface area contributed by atoms with Crippen molar-refractivity contribution >= 4 is 11.6 Å². The van der Waals surface area contributed by atoms with Crippen LogP contribution in [0.1, 0.15) is 17.5 Å². The summed E-state index contributed by atoms with van der Waals surface area (Å²) in [5, 5.41) is 4.25. The molecule has 1 rings (SSSR count). The first-order chi connectivity index (χ1) is 7.58. The smallest absolute Gasteiger partial charge is 0.0411 e. The highest BCUT2D eigenvalue weighted by Gasteiger charge is 1.97. The van der Waals surface area contributed by atoms with Crippen LogP contribution in [0.4, 0.5) is 0 Å². The lowest BCUT2D eigenvalue weighted by Gasteiger charge is -2.10. The SMILES string of the molecule is Cc1cc(Cl)cc(CNCCCN(C)C)c1. The van der Waals surface area contributed by atoms with Crippen LogP contribution in [-0.2, 0) is 6.54 Å². The highest BCUT2D eigenvalue weighted by atomic mass is 35.5. The van der Waals surface area contributed by atoms with Gasteiger partial charge >= 0.3 is 0 Å². The molecule has 0 atom stereocenters. The van der Waals surface area contributed by atoms with Crippen molar-refractivity contribution in [3.63, 3.8) is 0 Å². The second-order valence-corrected chi connectivity index (χ2v) is 4.91. The zero-order valence-corrected chi connectivity index (χ0v) is 11.1. The molecule has 0 saturated carbocycles. The van der Waals surface area contributed by atoms with Gasteiger partial charge in [-0.1, -0.05) is 17.7 Å². The largest absolute Gasteiger partial charge is 0.313 e. The highest BCUT2D eigenvalue weighted by molar-refractivity contribution is 6.30. The third-order valence-corrected chi connectivity index (χ3v) is 2.61. The van der Waals surface area contributed by atoms with Crippen LogP contribution >= 0.6 is 11.6 Å². The molecule has 0 aliphatic carbocycles. The van der Waals surface area contributed by atoms with E-state index in [4.69, 9.17) is 11.6 Å². The number of benzene rings is 1. The first-order valence-corrected chi connectivity index (χ1v) is 6.07. The molecule has 0 aliphatic rings. The first-order valence-electron chi connectivity index (χ1n) is 5.69. The van der Waals surface area contributed by atoms with E-state index in [0.717, 1.165) is 24.7 Å². The monoisotopic (exact) mass is 240 g/mol. The number of halogens is 1. The highest BCUT2D eigenvalue weighted by Crippen LogP contribution is 2.14. The molecule has 2 nitrogen and oxygen atoms in total. The van der Waals surface area contributed by atoms with Gasteiger partial charge in [0.05, 0.1) is 0 Å². The van der Waals surface area contributed by atoms with E-state index in [1.165, 1.54) is 17.5 Å². The summed E-state index contributed by atoms with van der Waals surface area (Å²) in [6, 6.07) is 6.18. The fourth-order valence-electron chi connectivity index (χ4n) is 1.67. The van der Waals surface area contributed by atoms with E-state index in [0.29, 0.717) is 0 Å². The number of nitrogens with zero attached hydrogens (tertiary/aromatic N) is 1. The third-order valence-electron chi connectivity index (χ3n) is 2.39. The van der Waals surface area contributed by atoms with Crippen LogP contribution in [0.15, 0.2) is 18.2 Å². The molecule has 0 bridgehead atoms. The Hall–Kier alpha value is -0.570. The molecule has 0 radical (unpaired) electrons. The third kappa shape index (κ3) is 5.50. The zero-order valence-electron chi connectivity index (χ0n) is 10.4. The Balaban J connectivity index is 2.26. The van der Waals surface area contributed by atoms with Gasteiger partial charge in [0.25, 0.3) is 0 Å². The maximum atomic E-state index is 6.00. The predicted octanol–water partition coefficient (Wildman–Crippen LogP) is 2.69. The Morgan fingerprint density at radius 3 is 2.62 bits per heavy atom. The molecule has 0 heterocycles. The molecule has 0 aliphatic heterocycles. The van der Waals surface area contributed by atoms with Gasteiger partial charge in [0.1, 0.15) is 0 Å². The van der Waals surface area contributed by atoms with Gasteiger partial charge in [-0.25, -0.2) is 0 Å². The molecule has 90 valence electrons.